The predicted molar refractivity (Wildman–Crippen MR) is 123 cm³/mol. The summed E-state index contributed by atoms with van der Waals surface area (Å²) in [6.07, 6.45) is 3.01. The summed E-state index contributed by atoms with van der Waals surface area (Å²) < 4.78 is 12.6. The minimum absolute atomic E-state index is 0.0955. The molecule has 0 unspecified atom stereocenters. The first-order valence-corrected chi connectivity index (χ1v) is 10.3. The topological polar surface area (TPSA) is 89.1 Å². The predicted octanol–water partition coefficient (Wildman–Crippen LogP) is 5.69. The zero-order valence-corrected chi connectivity index (χ0v) is 18.4. The van der Waals surface area contributed by atoms with Gasteiger partial charge in [0.2, 0.25) is 5.88 Å². The number of hydrogen-bond acceptors (Lipinski definition) is 5. The zero-order valence-electron chi connectivity index (χ0n) is 18.4. The van der Waals surface area contributed by atoms with Gasteiger partial charge >= 0.3 is 0 Å². The Morgan fingerprint density at radius 2 is 1.81 bits per heavy atom. The summed E-state index contributed by atoms with van der Waals surface area (Å²) in [5, 5.41) is 19.8. The number of ether oxygens (including phenoxy) is 1. The molecule has 5 aromatic rings. The lowest BCUT2D eigenvalue weighted by Crippen LogP contribution is -2.12. The molecule has 3 aromatic heterocycles. The van der Waals surface area contributed by atoms with E-state index in [9.17, 15) is 5.11 Å². The number of H-pyrrole nitrogens is 1. The number of rotatable bonds is 4. The van der Waals surface area contributed by atoms with Crippen LogP contribution >= 0.6 is 0 Å². The molecule has 0 bridgehead atoms. The van der Waals surface area contributed by atoms with E-state index in [0.717, 1.165) is 39.3 Å². The first-order chi connectivity index (χ1) is 15.4. The van der Waals surface area contributed by atoms with E-state index in [2.05, 4.69) is 36.0 Å². The number of nitrogens with zero attached hydrogens (tertiary/aromatic N) is 3. The largest absolute Gasteiger partial charge is 0.496 e. The number of aromatic hydroxyl groups is 1. The lowest BCUT2D eigenvalue weighted by molar-refractivity contribution is 0.416. The highest BCUT2D eigenvalue weighted by Gasteiger charge is 2.30. The van der Waals surface area contributed by atoms with E-state index in [1.165, 1.54) is 6.39 Å². The van der Waals surface area contributed by atoms with Gasteiger partial charge in [0.1, 0.15) is 23.2 Å². The Hall–Kier alpha value is -4.00. The minimum atomic E-state index is -0.232. The van der Waals surface area contributed by atoms with Crippen LogP contribution in [0.2, 0.25) is 0 Å². The Morgan fingerprint density at radius 3 is 2.47 bits per heavy atom. The lowest BCUT2D eigenvalue weighted by atomic mass is 9.89. The highest BCUT2D eigenvalue weighted by Crippen LogP contribution is 2.46. The molecule has 0 radical (unpaired) electrons. The second kappa shape index (κ2) is 7.30. The molecule has 0 aliphatic heterocycles. The van der Waals surface area contributed by atoms with Gasteiger partial charge in [-0.15, -0.1) is 0 Å². The average molecular weight is 428 g/mol. The highest BCUT2D eigenvalue weighted by atomic mass is 16.5. The maximum atomic E-state index is 11.3. The van der Waals surface area contributed by atoms with Crippen LogP contribution in [0.1, 0.15) is 26.5 Å². The van der Waals surface area contributed by atoms with Crippen molar-refractivity contribution in [3.63, 3.8) is 0 Å². The van der Waals surface area contributed by atoms with Crippen LogP contribution in [0.4, 0.5) is 0 Å². The molecule has 0 aliphatic carbocycles. The molecule has 0 fully saturated rings. The van der Waals surface area contributed by atoms with E-state index in [1.807, 2.05) is 53.1 Å². The number of benzene rings is 2. The zero-order chi connectivity index (χ0) is 22.5. The van der Waals surface area contributed by atoms with Gasteiger partial charge < -0.3 is 14.3 Å². The Labute approximate surface area is 185 Å². The third kappa shape index (κ3) is 3.05. The fraction of sp³-hybridized carbons (Fsp3) is 0.200. The molecular formula is C25H24N4O3. The molecule has 0 aliphatic rings. The van der Waals surface area contributed by atoms with Crippen molar-refractivity contribution in [3.8, 4) is 39.8 Å². The van der Waals surface area contributed by atoms with E-state index in [1.54, 1.807) is 13.4 Å². The molecule has 3 heterocycles. The number of methoxy groups -OCH3 is 1. The van der Waals surface area contributed by atoms with Crippen LogP contribution in [0.15, 0.2) is 65.6 Å². The standard InChI is InChI=1S/C25H24N4O3/c1-25(2,3)23-20-21(27-28-23)24(30)29(22(20)17-7-5-6-8-19(17)31-4)16-11-9-15(10-12-16)18-13-32-14-26-18/h5-14,27,30H,1-4H3. The van der Waals surface area contributed by atoms with Crippen LogP contribution in [-0.4, -0.2) is 32.0 Å². The molecule has 0 saturated heterocycles. The van der Waals surface area contributed by atoms with Crippen molar-refractivity contribution in [1.29, 1.82) is 0 Å². The van der Waals surface area contributed by atoms with Crippen molar-refractivity contribution in [2.45, 2.75) is 26.2 Å². The molecule has 0 amide bonds. The Morgan fingerprint density at radius 1 is 1.06 bits per heavy atom. The van der Waals surface area contributed by atoms with Crippen molar-refractivity contribution in [2.24, 2.45) is 0 Å². The molecule has 2 N–H and O–H groups in total. The second-order valence-electron chi connectivity index (χ2n) is 8.70. The lowest BCUT2D eigenvalue weighted by Gasteiger charge is -2.18. The quantitative estimate of drug-likeness (QED) is 0.384. The SMILES string of the molecule is COc1ccccc1-c1c2c(C(C)(C)C)n[nH]c2c(O)n1-c1ccc(-c2cocn2)cc1. The summed E-state index contributed by atoms with van der Waals surface area (Å²) in [6, 6.07) is 15.6. The summed E-state index contributed by atoms with van der Waals surface area (Å²) in [6.45, 7) is 6.32. The molecule has 2 aromatic carbocycles. The number of aromatic amines is 1. The summed E-state index contributed by atoms with van der Waals surface area (Å²) in [7, 11) is 1.65. The first kappa shape index (κ1) is 19.9. The molecule has 162 valence electrons. The van der Waals surface area contributed by atoms with E-state index in [-0.39, 0.29) is 11.3 Å². The average Bonchev–Trinajstić information content (AvgIpc) is 3.51. The van der Waals surface area contributed by atoms with Gasteiger partial charge in [0.15, 0.2) is 6.39 Å². The molecule has 32 heavy (non-hydrogen) atoms. The van der Waals surface area contributed by atoms with Gasteiger partial charge in [0.05, 0.1) is 23.9 Å². The van der Waals surface area contributed by atoms with E-state index in [0.29, 0.717) is 11.3 Å². The number of para-hydroxylation sites is 1. The second-order valence-corrected chi connectivity index (χ2v) is 8.70. The Bertz CT molecular complexity index is 1390. The van der Waals surface area contributed by atoms with Gasteiger partial charge in [-0.2, -0.15) is 5.10 Å². The number of oxazole rings is 1. The van der Waals surface area contributed by atoms with Crippen LogP contribution in [0, 0.1) is 0 Å². The van der Waals surface area contributed by atoms with Crippen molar-refractivity contribution in [3.05, 3.63) is 66.9 Å². The third-order valence-corrected chi connectivity index (χ3v) is 5.59. The molecule has 5 rings (SSSR count). The maximum Gasteiger partial charge on any atom is 0.222 e. The third-order valence-electron chi connectivity index (χ3n) is 5.59. The van der Waals surface area contributed by atoms with Crippen molar-refractivity contribution in [2.75, 3.05) is 7.11 Å². The van der Waals surface area contributed by atoms with Crippen LogP contribution in [0.5, 0.6) is 11.6 Å². The summed E-state index contributed by atoms with van der Waals surface area (Å²) in [5.41, 5.74) is 5.42. The molecule has 7 heteroatoms. The summed E-state index contributed by atoms with van der Waals surface area (Å²) >= 11 is 0. The Balaban J connectivity index is 1.81. The smallest absolute Gasteiger partial charge is 0.222 e. The fourth-order valence-electron chi connectivity index (χ4n) is 4.09. The van der Waals surface area contributed by atoms with Crippen molar-refractivity contribution < 1.29 is 14.3 Å². The van der Waals surface area contributed by atoms with E-state index < -0.39 is 0 Å². The van der Waals surface area contributed by atoms with Crippen LogP contribution in [0.3, 0.4) is 0 Å². The number of fused-ring (bicyclic) bond motifs is 1. The van der Waals surface area contributed by atoms with Crippen molar-refractivity contribution in [1.82, 2.24) is 19.7 Å². The highest BCUT2D eigenvalue weighted by molar-refractivity contribution is 6.02. The fourth-order valence-corrected chi connectivity index (χ4v) is 4.09. The van der Waals surface area contributed by atoms with Crippen LogP contribution in [0.25, 0.3) is 39.1 Å². The number of nitrogens with one attached hydrogen (secondary N) is 1. The van der Waals surface area contributed by atoms with Gasteiger partial charge in [-0.3, -0.25) is 9.67 Å². The van der Waals surface area contributed by atoms with Crippen LogP contribution in [-0.2, 0) is 5.41 Å². The van der Waals surface area contributed by atoms with E-state index >= 15 is 0 Å². The molecule has 0 saturated carbocycles. The number of aromatic nitrogens is 4. The minimum Gasteiger partial charge on any atom is -0.496 e. The van der Waals surface area contributed by atoms with Gasteiger partial charge in [0, 0.05) is 22.2 Å². The summed E-state index contributed by atoms with van der Waals surface area (Å²) in [4.78, 5) is 4.21. The number of hydrogen-bond donors (Lipinski definition) is 2. The first-order valence-electron chi connectivity index (χ1n) is 10.3. The van der Waals surface area contributed by atoms with Gasteiger partial charge in [-0.05, 0) is 24.3 Å². The molecular weight excluding hydrogens is 404 g/mol. The van der Waals surface area contributed by atoms with Crippen molar-refractivity contribution >= 4 is 10.9 Å². The monoisotopic (exact) mass is 428 g/mol. The molecule has 0 spiro atoms. The van der Waals surface area contributed by atoms with Crippen LogP contribution < -0.4 is 4.74 Å². The summed E-state index contributed by atoms with van der Waals surface area (Å²) in [5.74, 6) is 0.812. The maximum absolute atomic E-state index is 11.3. The van der Waals surface area contributed by atoms with Gasteiger partial charge in [-0.25, -0.2) is 4.98 Å². The Kier molecular flexibility index (Phi) is 4.55. The normalized spacial score (nSPS) is 11.9. The molecule has 7 nitrogen and oxygen atoms in total. The molecule has 0 atom stereocenters. The van der Waals surface area contributed by atoms with Gasteiger partial charge in [0.25, 0.3) is 0 Å². The van der Waals surface area contributed by atoms with Gasteiger partial charge in [-0.1, -0.05) is 45.0 Å². The van der Waals surface area contributed by atoms with E-state index in [4.69, 9.17) is 9.15 Å².